The maximum Gasteiger partial charge on any atom is 0.185 e. The number of ketones is 1. The van der Waals surface area contributed by atoms with Gasteiger partial charge in [-0.15, -0.1) is 10.2 Å². The van der Waals surface area contributed by atoms with Crippen molar-refractivity contribution in [2.45, 2.75) is 101 Å². The van der Waals surface area contributed by atoms with Gasteiger partial charge in [-0.2, -0.15) is 0 Å². The van der Waals surface area contributed by atoms with Crippen LogP contribution in [0.1, 0.15) is 112 Å². The third kappa shape index (κ3) is 4.71. The predicted octanol–water partition coefficient (Wildman–Crippen LogP) is 8.61. The van der Waals surface area contributed by atoms with E-state index in [4.69, 9.17) is 0 Å². The standard InChI is InChI=1S/C43H46N6O/c50-41-35(17-27-1-7-37(8-2-27)48-39(25-44-46-48)42-19-29-11-30(20-42)13-31(12-29)21-42)5-6-36(41)18-28-3-9-38(10-4-28)49-40(26-45-47-49)43-22-32-14-33(23-43)16-34(15-32)24-43/h1-4,7-10,17-18,25-26,29-34H,5-6,11-16,19-24H2/b35-17+,36-18+. The molecule has 0 aliphatic heterocycles. The summed E-state index contributed by atoms with van der Waals surface area (Å²) in [6.07, 6.45) is 26.1. The van der Waals surface area contributed by atoms with Gasteiger partial charge in [0.05, 0.1) is 35.2 Å². The second-order valence-electron chi connectivity index (χ2n) is 17.8. The Hall–Kier alpha value is -4.13. The van der Waals surface area contributed by atoms with Crippen LogP contribution in [0.3, 0.4) is 0 Å². The van der Waals surface area contributed by atoms with Gasteiger partial charge in [0.1, 0.15) is 0 Å². The number of aromatic nitrogens is 6. The summed E-state index contributed by atoms with van der Waals surface area (Å²) in [4.78, 5) is 13.5. The lowest BCUT2D eigenvalue weighted by Crippen LogP contribution is -2.49. The van der Waals surface area contributed by atoms with Gasteiger partial charge in [0.2, 0.25) is 0 Å². The van der Waals surface area contributed by atoms with Crippen LogP contribution in [-0.4, -0.2) is 35.8 Å². The van der Waals surface area contributed by atoms with E-state index in [0.717, 1.165) is 82.0 Å². The lowest BCUT2D eigenvalue weighted by atomic mass is 9.49. The number of benzene rings is 2. The number of Topliss-reactive ketones (excluding diaryl/α,β-unsaturated/α-hetero) is 1. The van der Waals surface area contributed by atoms with Crippen molar-refractivity contribution >= 4 is 17.9 Å². The summed E-state index contributed by atoms with van der Waals surface area (Å²) in [6, 6.07) is 17.1. The van der Waals surface area contributed by atoms with Gasteiger partial charge < -0.3 is 0 Å². The summed E-state index contributed by atoms with van der Waals surface area (Å²) in [5.41, 5.74) is 9.11. The van der Waals surface area contributed by atoms with Gasteiger partial charge in [0, 0.05) is 22.0 Å². The average Bonchev–Trinajstić information content (AvgIpc) is 3.87. The molecule has 0 unspecified atom stereocenters. The molecule has 2 aromatic heterocycles. The zero-order valence-corrected chi connectivity index (χ0v) is 28.9. The molecule has 2 aromatic carbocycles. The molecule has 254 valence electrons. The van der Waals surface area contributed by atoms with E-state index in [0.29, 0.717) is 0 Å². The fraction of sp³-hybridized carbons (Fsp3) is 0.512. The summed E-state index contributed by atoms with van der Waals surface area (Å²) in [7, 11) is 0. The van der Waals surface area contributed by atoms with E-state index in [9.17, 15) is 4.79 Å². The summed E-state index contributed by atoms with van der Waals surface area (Å²) >= 11 is 0. The highest BCUT2D eigenvalue weighted by molar-refractivity contribution is 6.15. The van der Waals surface area contributed by atoms with E-state index in [1.807, 2.05) is 12.4 Å². The van der Waals surface area contributed by atoms with Crippen LogP contribution in [0.25, 0.3) is 23.5 Å². The topological polar surface area (TPSA) is 78.5 Å². The van der Waals surface area contributed by atoms with Crippen LogP contribution in [0.5, 0.6) is 0 Å². The van der Waals surface area contributed by atoms with Crippen molar-refractivity contribution in [2.75, 3.05) is 0 Å². The Morgan fingerprint density at radius 2 is 0.860 bits per heavy atom. The SMILES string of the molecule is O=C1/C(=C/c2ccc(-n3nncc3C34CC5CC(CC(C5)C3)C4)cc2)CC/C1=C\c1ccc(-n2nncc2C23CC4CC(CC(C4)C2)C3)cc1. The first-order valence-electron chi connectivity index (χ1n) is 19.5. The van der Waals surface area contributed by atoms with Crippen LogP contribution < -0.4 is 0 Å². The zero-order chi connectivity index (χ0) is 33.0. The lowest BCUT2D eigenvalue weighted by Gasteiger charge is -2.56. The highest BCUT2D eigenvalue weighted by Gasteiger charge is 2.54. The first kappa shape index (κ1) is 29.6. The van der Waals surface area contributed by atoms with Crippen LogP contribution in [0.4, 0.5) is 0 Å². The molecule has 9 aliphatic carbocycles. The molecule has 0 atom stereocenters. The predicted molar refractivity (Wildman–Crippen MR) is 193 cm³/mol. The summed E-state index contributed by atoms with van der Waals surface area (Å²) < 4.78 is 4.20. The minimum absolute atomic E-state index is 0.166. The number of carbonyl (C=O) groups is 1. The third-order valence-electron chi connectivity index (χ3n) is 14.5. The van der Waals surface area contributed by atoms with E-state index in [2.05, 4.69) is 90.7 Å². The first-order valence-corrected chi connectivity index (χ1v) is 19.5. The fourth-order valence-corrected chi connectivity index (χ4v) is 13.2. The Kier molecular flexibility index (Phi) is 6.47. The lowest BCUT2D eigenvalue weighted by molar-refractivity contribution is -0.111. The molecule has 0 radical (unpaired) electrons. The van der Waals surface area contributed by atoms with E-state index in [1.54, 1.807) is 0 Å². The van der Waals surface area contributed by atoms with Crippen LogP contribution >= 0.6 is 0 Å². The Labute approximate surface area is 294 Å². The van der Waals surface area contributed by atoms with Crippen molar-refractivity contribution in [1.29, 1.82) is 0 Å². The van der Waals surface area contributed by atoms with Crippen LogP contribution in [-0.2, 0) is 15.6 Å². The van der Waals surface area contributed by atoms with Gasteiger partial charge in [-0.25, -0.2) is 9.36 Å². The maximum atomic E-state index is 13.5. The largest absolute Gasteiger partial charge is 0.289 e. The van der Waals surface area contributed by atoms with E-state index >= 15 is 0 Å². The zero-order valence-electron chi connectivity index (χ0n) is 28.9. The van der Waals surface area contributed by atoms with Crippen LogP contribution in [0.15, 0.2) is 72.1 Å². The summed E-state index contributed by atoms with van der Waals surface area (Å²) in [5, 5.41) is 18.0. The van der Waals surface area contributed by atoms with E-state index in [1.165, 1.54) is 88.4 Å². The van der Waals surface area contributed by atoms with Gasteiger partial charge in [0.25, 0.3) is 0 Å². The molecule has 7 heteroatoms. The Morgan fingerprint density at radius 1 is 0.520 bits per heavy atom. The van der Waals surface area contributed by atoms with Crippen LogP contribution in [0, 0.1) is 35.5 Å². The fourth-order valence-electron chi connectivity index (χ4n) is 13.2. The Bertz CT molecular complexity index is 1830. The number of carbonyl (C=O) groups excluding carboxylic acids is 1. The second kappa shape index (κ2) is 10.9. The Balaban J connectivity index is 0.795. The molecule has 9 aliphatic rings. The number of nitrogens with zero attached hydrogens (tertiary/aromatic N) is 6. The molecule has 13 rings (SSSR count). The van der Waals surface area contributed by atoms with Crippen LogP contribution in [0.2, 0.25) is 0 Å². The molecule has 9 fully saturated rings. The summed E-state index contributed by atoms with van der Waals surface area (Å²) in [5.74, 6) is 5.44. The van der Waals surface area contributed by atoms with Crippen molar-refractivity contribution in [1.82, 2.24) is 30.0 Å². The maximum absolute atomic E-state index is 13.5. The molecule has 0 N–H and O–H groups in total. The molecule has 0 saturated heterocycles. The minimum Gasteiger partial charge on any atom is -0.289 e. The quantitative estimate of drug-likeness (QED) is 0.193. The van der Waals surface area contributed by atoms with Gasteiger partial charge in [0.15, 0.2) is 5.78 Å². The van der Waals surface area contributed by atoms with Crippen molar-refractivity contribution in [3.05, 3.63) is 94.6 Å². The van der Waals surface area contributed by atoms with Crippen molar-refractivity contribution in [3.8, 4) is 11.4 Å². The minimum atomic E-state index is 0.166. The van der Waals surface area contributed by atoms with Gasteiger partial charge in [-0.05, 0) is 173 Å². The number of rotatable bonds is 6. The van der Waals surface area contributed by atoms with Crippen molar-refractivity contribution in [3.63, 3.8) is 0 Å². The molecular weight excluding hydrogens is 617 g/mol. The molecule has 50 heavy (non-hydrogen) atoms. The highest BCUT2D eigenvalue weighted by atomic mass is 16.1. The molecule has 8 bridgehead atoms. The number of hydrogen-bond donors (Lipinski definition) is 0. The molecule has 2 heterocycles. The molecule has 7 nitrogen and oxygen atoms in total. The van der Waals surface area contributed by atoms with Crippen molar-refractivity contribution < 1.29 is 4.79 Å². The number of hydrogen-bond acceptors (Lipinski definition) is 5. The average molecular weight is 663 g/mol. The van der Waals surface area contributed by atoms with Gasteiger partial charge in [-0.1, -0.05) is 34.7 Å². The first-order chi connectivity index (χ1) is 24.5. The Morgan fingerprint density at radius 3 is 1.20 bits per heavy atom. The monoisotopic (exact) mass is 662 g/mol. The molecule has 9 saturated carbocycles. The van der Waals surface area contributed by atoms with Gasteiger partial charge >= 0.3 is 0 Å². The summed E-state index contributed by atoms with van der Waals surface area (Å²) in [6.45, 7) is 0. The van der Waals surface area contributed by atoms with Gasteiger partial charge in [-0.3, -0.25) is 4.79 Å². The van der Waals surface area contributed by atoms with E-state index < -0.39 is 0 Å². The third-order valence-corrected chi connectivity index (χ3v) is 14.5. The molecule has 0 spiro atoms. The second-order valence-corrected chi connectivity index (χ2v) is 17.8. The smallest absolute Gasteiger partial charge is 0.185 e. The van der Waals surface area contributed by atoms with E-state index in [-0.39, 0.29) is 16.6 Å². The van der Waals surface area contributed by atoms with Crippen molar-refractivity contribution in [2.24, 2.45) is 35.5 Å². The highest BCUT2D eigenvalue weighted by Crippen LogP contribution is 2.62. The molecule has 0 amide bonds. The number of allylic oxidation sites excluding steroid dienone is 2. The molecule has 4 aromatic rings. The normalized spacial score (nSPS) is 36.8. The molecular formula is C43H46N6O.